The van der Waals surface area contributed by atoms with Gasteiger partial charge >= 0.3 is 5.69 Å². The van der Waals surface area contributed by atoms with Gasteiger partial charge in [0.2, 0.25) is 5.28 Å². The second kappa shape index (κ2) is 4.38. The summed E-state index contributed by atoms with van der Waals surface area (Å²) in [4.78, 5) is 28.2. The molecule has 20 heavy (non-hydrogen) atoms. The number of aromatic nitrogens is 4. The van der Waals surface area contributed by atoms with Crippen molar-refractivity contribution in [2.24, 2.45) is 14.1 Å². The minimum atomic E-state index is -0.438. The van der Waals surface area contributed by atoms with Crippen molar-refractivity contribution in [3.8, 4) is 0 Å². The van der Waals surface area contributed by atoms with Gasteiger partial charge in [-0.25, -0.2) is 4.79 Å². The Balaban J connectivity index is 2.36. The van der Waals surface area contributed by atoms with Crippen LogP contribution in [0.2, 0.25) is 5.28 Å². The molecular formula is C12H11ClN4O3. The lowest BCUT2D eigenvalue weighted by Gasteiger charge is -2.05. The molecule has 0 radical (unpaired) electrons. The molecule has 3 heterocycles. The number of rotatable bonds is 2. The zero-order valence-corrected chi connectivity index (χ0v) is 11.6. The Hall–Kier alpha value is -2.28. The molecule has 0 atom stereocenters. The molecule has 0 saturated heterocycles. The minimum absolute atomic E-state index is 0.152. The van der Waals surface area contributed by atoms with Gasteiger partial charge in [0.25, 0.3) is 5.56 Å². The second-order valence-electron chi connectivity index (χ2n) is 4.48. The first kappa shape index (κ1) is 12.7. The number of halogens is 1. The fourth-order valence-electron chi connectivity index (χ4n) is 2.13. The minimum Gasteiger partial charge on any atom is -0.472 e. The summed E-state index contributed by atoms with van der Waals surface area (Å²) in [5, 5.41) is 0.152. The number of hydrogen-bond acceptors (Lipinski definition) is 4. The molecule has 0 bridgehead atoms. The predicted molar refractivity (Wildman–Crippen MR) is 73.0 cm³/mol. The van der Waals surface area contributed by atoms with E-state index in [2.05, 4.69) is 4.98 Å². The molecule has 0 amide bonds. The molecule has 0 aromatic carbocycles. The lowest BCUT2D eigenvalue weighted by molar-refractivity contribution is 0.562. The van der Waals surface area contributed by atoms with Crippen LogP contribution in [0.15, 0.2) is 32.6 Å². The van der Waals surface area contributed by atoms with Crippen LogP contribution in [0, 0.1) is 0 Å². The van der Waals surface area contributed by atoms with Gasteiger partial charge < -0.3 is 8.98 Å². The van der Waals surface area contributed by atoms with Crippen LogP contribution in [0.3, 0.4) is 0 Å². The molecule has 3 aromatic rings. The highest BCUT2D eigenvalue weighted by atomic mass is 35.5. The van der Waals surface area contributed by atoms with Gasteiger partial charge in [0, 0.05) is 19.7 Å². The molecule has 0 spiro atoms. The first-order valence-electron chi connectivity index (χ1n) is 5.83. The molecule has 0 aliphatic heterocycles. The SMILES string of the molecule is Cn1c(=O)c2c(nc(Cl)n2Cc2ccoc2)n(C)c1=O. The average Bonchev–Trinajstić information content (AvgIpc) is 3.04. The van der Waals surface area contributed by atoms with Crippen LogP contribution < -0.4 is 11.2 Å². The summed E-state index contributed by atoms with van der Waals surface area (Å²) in [5.41, 5.74) is 0.549. The van der Waals surface area contributed by atoms with Crippen LogP contribution in [0.25, 0.3) is 11.2 Å². The van der Waals surface area contributed by atoms with Gasteiger partial charge in [-0.2, -0.15) is 4.98 Å². The summed E-state index contributed by atoms with van der Waals surface area (Å²) in [7, 11) is 2.98. The molecule has 0 unspecified atom stereocenters. The molecule has 0 saturated carbocycles. The van der Waals surface area contributed by atoms with E-state index in [4.69, 9.17) is 16.0 Å². The van der Waals surface area contributed by atoms with Gasteiger partial charge in [0.15, 0.2) is 11.2 Å². The van der Waals surface area contributed by atoms with E-state index in [1.165, 1.54) is 17.9 Å². The van der Waals surface area contributed by atoms with Crippen molar-refractivity contribution < 1.29 is 4.42 Å². The average molecular weight is 295 g/mol. The van der Waals surface area contributed by atoms with E-state index < -0.39 is 11.2 Å². The summed E-state index contributed by atoms with van der Waals surface area (Å²) >= 11 is 6.09. The highest BCUT2D eigenvalue weighted by molar-refractivity contribution is 6.29. The Labute approximate surface area is 117 Å². The van der Waals surface area contributed by atoms with Crippen molar-refractivity contribution >= 4 is 22.8 Å². The number of fused-ring (bicyclic) bond motifs is 1. The third-order valence-corrected chi connectivity index (χ3v) is 3.51. The fourth-order valence-corrected chi connectivity index (χ4v) is 2.35. The van der Waals surface area contributed by atoms with Crippen LogP contribution in [0.5, 0.6) is 0 Å². The van der Waals surface area contributed by atoms with E-state index >= 15 is 0 Å². The lowest BCUT2D eigenvalue weighted by Crippen LogP contribution is -2.37. The van der Waals surface area contributed by atoms with E-state index in [0.717, 1.165) is 10.1 Å². The standard InChI is InChI=1S/C12H11ClN4O3/c1-15-9-8(10(18)16(2)12(15)19)17(11(13)14-9)5-7-3-4-20-6-7/h3-4,6H,5H2,1-2H3. The van der Waals surface area contributed by atoms with Crippen molar-refractivity contribution in [3.05, 3.63) is 50.3 Å². The molecule has 104 valence electrons. The fraction of sp³-hybridized carbons (Fsp3) is 0.250. The Morgan fingerprint density at radius 3 is 2.70 bits per heavy atom. The van der Waals surface area contributed by atoms with Gasteiger partial charge in [0.05, 0.1) is 19.1 Å². The summed E-state index contributed by atoms with van der Waals surface area (Å²) in [6, 6.07) is 1.77. The maximum absolute atomic E-state index is 12.3. The van der Waals surface area contributed by atoms with Crippen LogP contribution in [-0.4, -0.2) is 18.7 Å². The van der Waals surface area contributed by atoms with Gasteiger partial charge in [0.1, 0.15) is 0 Å². The Kier molecular flexibility index (Phi) is 2.79. The number of nitrogens with zero attached hydrogens (tertiary/aromatic N) is 4. The van der Waals surface area contributed by atoms with Gasteiger partial charge in [-0.3, -0.25) is 13.9 Å². The normalized spacial score (nSPS) is 11.3. The van der Waals surface area contributed by atoms with Crippen LogP contribution in [0.1, 0.15) is 5.56 Å². The summed E-state index contributed by atoms with van der Waals surface area (Å²) in [5.74, 6) is 0. The first-order chi connectivity index (χ1) is 9.50. The highest BCUT2D eigenvalue weighted by Gasteiger charge is 2.18. The largest absolute Gasteiger partial charge is 0.472 e. The van der Waals surface area contributed by atoms with E-state index in [-0.39, 0.29) is 10.9 Å². The molecule has 0 aliphatic rings. The number of hydrogen-bond donors (Lipinski definition) is 0. The molecule has 7 nitrogen and oxygen atoms in total. The summed E-state index contributed by atoms with van der Waals surface area (Å²) < 4.78 is 8.89. The second-order valence-corrected chi connectivity index (χ2v) is 4.81. The Bertz CT molecular complexity index is 902. The van der Waals surface area contributed by atoms with Crippen molar-refractivity contribution in [2.75, 3.05) is 0 Å². The van der Waals surface area contributed by atoms with E-state index in [1.54, 1.807) is 23.9 Å². The molecule has 0 aliphatic carbocycles. The van der Waals surface area contributed by atoms with Crippen LogP contribution in [0.4, 0.5) is 0 Å². The Morgan fingerprint density at radius 2 is 2.05 bits per heavy atom. The Morgan fingerprint density at radius 1 is 1.30 bits per heavy atom. The van der Waals surface area contributed by atoms with Crippen LogP contribution >= 0.6 is 11.6 Å². The molecule has 3 rings (SSSR count). The highest BCUT2D eigenvalue weighted by Crippen LogP contribution is 2.17. The van der Waals surface area contributed by atoms with Crippen molar-refractivity contribution in [1.29, 1.82) is 0 Å². The van der Waals surface area contributed by atoms with E-state index in [9.17, 15) is 9.59 Å². The molecule has 0 fully saturated rings. The maximum atomic E-state index is 12.3. The van der Waals surface area contributed by atoms with Gasteiger partial charge in [-0.15, -0.1) is 0 Å². The molecule has 3 aromatic heterocycles. The van der Waals surface area contributed by atoms with Crippen molar-refractivity contribution in [2.45, 2.75) is 6.54 Å². The monoisotopic (exact) mass is 294 g/mol. The lowest BCUT2D eigenvalue weighted by atomic mass is 10.3. The van der Waals surface area contributed by atoms with Crippen molar-refractivity contribution in [1.82, 2.24) is 18.7 Å². The van der Waals surface area contributed by atoms with Crippen molar-refractivity contribution in [3.63, 3.8) is 0 Å². The quantitative estimate of drug-likeness (QED) is 0.653. The number of imidazole rings is 1. The summed E-state index contributed by atoms with van der Waals surface area (Å²) in [6.07, 6.45) is 3.10. The zero-order valence-electron chi connectivity index (χ0n) is 10.8. The zero-order chi connectivity index (χ0) is 14.4. The predicted octanol–water partition coefficient (Wildman–Crippen LogP) is 0.728. The first-order valence-corrected chi connectivity index (χ1v) is 6.21. The summed E-state index contributed by atoms with van der Waals surface area (Å²) in [6.45, 7) is 0.347. The van der Waals surface area contributed by atoms with Gasteiger partial charge in [-0.1, -0.05) is 0 Å². The van der Waals surface area contributed by atoms with Crippen LogP contribution in [-0.2, 0) is 20.6 Å². The molecular weight excluding hydrogens is 284 g/mol. The smallest absolute Gasteiger partial charge is 0.332 e. The molecule has 8 heteroatoms. The molecule has 0 N–H and O–H groups in total. The number of furan rings is 1. The topological polar surface area (TPSA) is 75.0 Å². The van der Waals surface area contributed by atoms with E-state index in [1.807, 2.05) is 0 Å². The van der Waals surface area contributed by atoms with Gasteiger partial charge in [-0.05, 0) is 17.7 Å². The number of aryl methyl sites for hydroxylation is 1. The third-order valence-electron chi connectivity index (χ3n) is 3.22. The maximum Gasteiger partial charge on any atom is 0.332 e. The third kappa shape index (κ3) is 1.70. The van der Waals surface area contributed by atoms with E-state index in [0.29, 0.717) is 12.1 Å².